The molecule has 0 aromatic heterocycles. The molecule has 5 nitrogen and oxygen atoms in total. The molecule has 0 fully saturated rings. The molecule has 0 aliphatic heterocycles. The van der Waals surface area contributed by atoms with Crippen LogP contribution in [-0.2, 0) is 6.42 Å². The van der Waals surface area contributed by atoms with E-state index in [0.717, 1.165) is 12.1 Å². The van der Waals surface area contributed by atoms with Crippen molar-refractivity contribution < 1.29 is 14.1 Å². The molecule has 0 aliphatic rings. The first-order chi connectivity index (χ1) is 7.10. The van der Waals surface area contributed by atoms with E-state index in [0.29, 0.717) is 0 Å². The van der Waals surface area contributed by atoms with Crippen molar-refractivity contribution in [1.29, 1.82) is 5.26 Å². The summed E-state index contributed by atoms with van der Waals surface area (Å²) >= 11 is 0. The maximum atomic E-state index is 13.3. The standard InChI is InChI=1S/C9H7FN2O3/c1-15-9-6(2-3-11)4-7(12(13)14)5-8(9)10/h4-5H,2H2,1H3. The molecule has 1 rings (SSSR count). The zero-order valence-corrected chi connectivity index (χ0v) is 7.86. The number of non-ortho nitro benzene ring substituents is 1. The first kappa shape index (κ1) is 10.9. The molecule has 0 heterocycles. The Morgan fingerprint density at radius 1 is 1.67 bits per heavy atom. The summed E-state index contributed by atoms with van der Waals surface area (Å²) in [6.45, 7) is 0. The van der Waals surface area contributed by atoms with Crippen LogP contribution in [0.2, 0.25) is 0 Å². The van der Waals surface area contributed by atoms with Crippen LogP contribution in [0.15, 0.2) is 12.1 Å². The maximum Gasteiger partial charge on any atom is 0.272 e. The van der Waals surface area contributed by atoms with Crippen LogP contribution in [0, 0.1) is 27.3 Å². The zero-order chi connectivity index (χ0) is 11.4. The van der Waals surface area contributed by atoms with Crippen LogP contribution < -0.4 is 4.74 Å². The molecule has 0 amide bonds. The summed E-state index contributed by atoms with van der Waals surface area (Å²) < 4.78 is 18.0. The lowest BCUT2D eigenvalue weighted by molar-refractivity contribution is -0.385. The minimum Gasteiger partial charge on any atom is -0.493 e. The highest BCUT2D eigenvalue weighted by Gasteiger charge is 2.16. The predicted octanol–water partition coefficient (Wildman–Crippen LogP) is 1.81. The minimum atomic E-state index is -0.836. The Kier molecular flexibility index (Phi) is 3.18. The smallest absolute Gasteiger partial charge is 0.272 e. The van der Waals surface area contributed by atoms with E-state index < -0.39 is 16.4 Å². The van der Waals surface area contributed by atoms with E-state index in [1.54, 1.807) is 6.07 Å². The molecule has 0 atom stereocenters. The van der Waals surface area contributed by atoms with Gasteiger partial charge in [0.15, 0.2) is 11.6 Å². The molecule has 0 unspecified atom stereocenters. The highest BCUT2D eigenvalue weighted by Crippen LogP contribution is 2.28. The number of methoxy groups -OCH3 is 1. The number of nitriles is 1. The number of nitro benzene ring substituents is 1. The van der Waals surface area contributed by atoms with Crippen LogP contribution in [0.5, 0.6) is 5.75 Å². The van der Waals surface area contributed by atoms with Crippen LogP contribution in [0.4, 0.5) is 10.1 Å². The second kappa shape index (κ2) is 4.37. The van der Waals surface area contributed by atoms with Crippen molar-refractivity contribution in [2.24, 2.45) is 0 Å². The average Bonchev–Trinajstić information content (AvgIpc) is 2.17. The van der Waals surface area contributed by atoms with E-state index in [2.05, 4.69) is 0 Å². The largest absolute Gasteiger partial charge is 0.493 e. The molecular weight excluding hydrogens is 203 g/mol. The molecule has 0 spiro atoms. The van der Waals surface area contributed by atoms with E-state index in [4.69, 9.17) is 10.00 Å². The Balaban J connectivity index is 3.33. The molecule has 0 N–H and O–H groups in total. The first-order valence-electron chi connectivity index (χ1n) is 3.98. The molecule has 1 aromatic carbocycles. The Morgan fingerprint density at radius 3 is 2.80 bits per heavy atom. The van der Waals surface area contributed by atoms with Crippen LogP contribution in [0.3, 0.4) is 0 Å². The molecule has 0 bridgehead atoms. The maximum absolute atomic E-state index is 13.3. The molecule has 1 aromatic rings. The third-order valence-corrected chi connectivity index (χ3v) is 1.79. The van der Waals surface area contributed by atoms with E-state index in [9.17, 15) is 14.5 Å². The van der Waals surface area contributed by atoms with Crippen molar-refractivity contribution >= 4 is 5.69 Å². The van der Waals surface area contributed by atoms with Gasteiger partial charge in [-0.05, 0) is 0 Å². The van der Waals surface area contributed by atoms with E-state index in [1.807, 2.05) is 0 Å². The lowest BCUT2D eigenvalue weighted by Gasteiger charge is -2.06. The quantitative estimate of drug-likeness (QED) is 0.563. The second-order valence-electron chi connectivity index (χ2n) is 2.71. The van der Waals surface area contributed by atoms with Crippen molar-refractivity contribution in [3.8, 4) is 11.8 Å². The normalized spacial score (nSPS) is 9.40. The van der Waals surface area contributed by atoms with Crippen molar-refractivity contribution in [3.05, 3.63) is 33.6 Å². The number of benzene rings is 1. The zero-order valence-electron chi connectivity index (χ0n) is 7.86. The van der Waals surface area contributed by atoms with Crippen molar-refractivity contribution in [2.75, 3.05) is 7.11 Å². The average molecular weight is 210 g/mol. The summed E-state index contributed by atoms with van der Waals surface area (Å²) in [7, 11) is 1.24. The molecule has 0 radical (unpaired) electrons. The molecule has 0 aliphatic carbocycles. The lowest BCUT2D eigenvalue weighted by atomic mass is 10.1. The van der Waals surface area contributed by atoms with E-state index in [1.165, 1.54) is 7.11 Å². The summed E-state index contributed by atoms with van der Waals surface area (Å²) in [5.74, 6) is -0.959. The summed E-state index contributed by atoms with van der Waals surface area (Å²) in [5.41, 5.74) is -0.217. The van der Waals surface area contributed by atoms with Gasteiger partial charge < -0.3 is 4.74 Å². The fourth-order valence-corrected chi connectivity index (χ4v) is 1.18. The molecular formula is C9H7FN2O3. The van der Waals surface area contributed by atoms with Gasteiger partial charge in [-0.25, -0.2) is 4.39 Å². The van der Waals surface area contributed by atoms with Crippen LogP contribution in [0.1, 0.15) is 5.56 Å². The number of halogens is 1. The van der Waals surface area contributed by atoms with Crippen LogP contribution >= 0.6 is 0 Å². The first-order valence-corrected chi connectivity index (χ1v) is 3.98. The molecule has 6 heteroatoms. The summed E-state index contributed by atoms with van der Waals surface area (Å²) in [5, 5.41) is 18.9. The van der Waals surface area contributed by atoms with Gasteiger partial charge >= 0.3 is 0 Å². The Bertz CT molecular complexity index is 440. The number of nitro groups is 1. The Morgan fingerprint density at radius 2 is 2.33 bits per heavy atom. The highest BCUT2D eigenvalue weighted by atomic mass is 19.1. The van der Waals surface area contributed by atoms with Gasteiger partial charge in [0, 0.05) is 11.6 Å². The van der Waals surface area contributed by atoms with Crippen molar-refractivity contribution in [2.45, 2.75) is 6.42 Å². The van der Waals surface area contributed by atoms with Gasteiger partial charge in [0.25, 0.3) is 5.69 Å². The Hall–Kier alpha value is -2.16. The fraction of sp³-hybridized carbons (Fsp3) is 0.222. The number of ether oxygens (including phenoxy) is 1. The minimum absolute atomic E-state index is 0.123. The lowest BCUT2D eigenvalue weighted by Crippen LogP contribution is -1.98. The SMILES string of the molecule is COc1c(F)cc([N+](=O)[O-])cc1CC#N. The van der Waals surface area contributed by atoms with E-state index >= 15 is 0 Å². The monoisotopic (exact) mass is 210 g/mol. The third-order valence-electron chi connectivity index (χ3n) is 1.79. The summed E-state index contributed by atoms with van der Waals surface area (Å²) in [6.07, 6.45) is -0.137. The number of nitrogens with zero attached hydrogens (tertiary/aromatic N) is 2. The second-order valence-corrected chi connectivity index (χ2v) is 2.71. The van der Waals surface area contributed by atoms with Gasteiger partial charge in [-0.2, -0.15) is 5.26 Å². The number of hydrogen-bond donors (Lipinski definition) is 0. The topological polar surface area (TPSA) is 76.2 Å². The van der Waals surface area contributed by atoms with E-state index in [-0.39, 0.29) is 17.7 Å². The van der Waals surface area contributed by atoms with Crippen LogP contribution in [0.25, 0.3) is 0 Å². The van der Waals surface area contributed by atoms with Crippen molar-refractivity contribution in [3.63, 3.8) is 0 Å². The van der Waals surface area contributed by atoms with Gasteiger partial charge in [-0.1, -0.05) is 0 Å². The van der Waals surface area contributed by atoms with Gasteiger partial charge in [0.05, 0.1) is 30.6 Å². The molecule has 0 saturated heterocycles. The van der Waals surface area contributed by atoms with Crippen LogP contribution in [-0.4, -0.2) is 12.0 Å². The third kappa shape index (κ3) is 2.20. The van der Waals surface area contributed by atoms with Gasteiger partial charge in [-0.15, -0.1) is 0 Å². The van der Waals surface area contributed by atoms with Gasteiger partial charge in [0.1, 0.15) is 0 Å². The predicted molar refractivity (Wildman–Crippen MR) is 48.9 cm³/mol. The number of hydrogen-bond acceptors (Lipinski definition) is 4. The Labute approximate surface area is 84.9 Å². The highest BCUT2D eigenvalue weighted by molar-refractivity contribution is 5.46. The van der Waals surface area contributed by atoms with Crippen molar-refractivity contribution in [1.82, 2.24) is 0 Å². The fourth-order valence-electron chi connectivity index (χ4n) is 1.18. The number of rotatable bonds is 3. The van der Waals surface area contributed by atoms with Gasteiger partial charge in [-0.3, -0.25) is 10.1 Å². The molecule has 78 valence electrons. The molecule has 15 heavy (non-hydrogen) atoms. The molecule has 0 saturated carbocycles. The summed E-state index contributed by atoms with van der Waals surface area (Å²) in [6, 6.07) is 3.68. The summed E-state index contributed by atoms with van der Waals surface area (Å²) in [4.78, 5) is 9.71. The van der Waals surface area contributed by atoms with Gasteiger partial charge in [0.2, 0.25) is 0 Å².